The van der Waals surface area contributed by atoms with Gasteiger partial charge in [-0.15, -0.1) is 0 Å². The van der Waals surface area contributed by atoms with Gasteiger partial charge in [0.15, 0.2) is 0 Å². The molecule has 5 nitrogen and oxygen atoms in total. The van der Waals surface area contributed by atoms with Gasteiger partial charge >= 0.3 is 0 Å². The number of nitriles is 1. The number of nitrogens with zero attached hydrogens (tertiary/aromatic N) is 4. The molecule has 104 valence electrons. The van der Waals surface area contributed by atoms with E-state index in [9.17, 15) is 0 Å². The first-order valence-electron chi connectivity index (χ1n) is 6.89. The number of imidazole rings is 1. The maximum absolute atomic E-state index is 9.05. The normalized spacial score (nSPS) is 17.1. The van der Waals surface area contributed by atoms with Crippen LogP contribution in [-0.4, -0.2) is 34.1 Å². The van der Waals surface area contributed by atoms with E-state index in [0.717, 1.165) is 17.6 Å². The molecule has 1 aromatic carbocycles. The van der Waals surface area contributed by atoms with Crippen molar-refractivity contribution in [2.45, 2.75) is 31.3 Å². The van der Waals surface area contributed by atoms with Crippen LogP contribution in [0.25, 0.3) is 11.0 Å². The van der Waals surface area contributed by atoms with Crippen LogP contribution in [0.4, 0.5) is 5.95 Å². The van der Waals surface area contributed by atoms with E-state index < -0.39 is 0 Å². The van der Waals surface area contributed by atoms with Gasteiger partial charge in [0.2, 0.25) is 5.95 Å². The van der Waals surface area contributed by atoms with Crippen LogP contribution in [-0.2, 0) is 6.54 Å². The zero-order valence-electron chi connectivity index (χ0n) is 11.9. The average molecular weight is 269 g/mol. The van der Waals surface area contributed by atoms with Gasteiger partial charge in [0.25, 0.3) is 0 Å². The summed E-state index contributed by atoms with van der Waals surface area (Å²) in [5, 5.41) is 9.05. The van der Waals surface area contributed by atoms with Gasteiger partial charge in [-0.1, -0.05) is 0 Å². The number of likely N-dealkylation sites (N-methyl/N-ethyl adjacent to an activating group) is 1. The molecule has 5 heteroatoms. The molecule has 1 saturated carbocycles. The van der Waals surface area contributed by atoms with Crippen LogP contribution in [0.2, 0.25) is 0 Å². The summed E-state index contributed by atoms with van der Waals surface area (Å²) in [6, 6.07) is 7.70. The number of nitrogen functional groups attached to an aromatic ring is 1. The largest absolute Gasteiger partial charge is 0.369 e. The van der Waals surface area contributed by atoms with Crippen molar-refractivity contribution in [2.24, 2.45) is 0 Å². The molecule has 2 N–H and O–H groups in total. The highest BCUT2D eigenvalue weighted by Gasteiger charge is 2.40. The van der Waals surface area contributed by atoms with E-state index >= 15 is 0 Å². The zero-order valence-corrected chi connectivity index (χ0v) is 11.9. The van der Waals surface area contributed by atoms with E-state index in [4.69, 9.17) is 11.0 Å². The van der Waals surface area contributed by atoms with Crippen molar-refractivity contribution in [2.75, 3.05) is 19.8 Å². The molecule has 1 aromatic heterocycles. The number of hydrogen-bond acceptors (Lipinski definition) is 4. The van der Waals surface area contributed by atoms with Crippen LogP contribution in [0.5, 0.6) is 0 Å². The van der Waals surface area contributed by atoms with Crippen molar-refractivity contribution in [3.63, 3.8) is 0 Å². The SMILES string of the molecule is CN(C)C1(Cn2c(N)nc3ccc(C#N)cc32)CCC1. The van der Waals surface area contributed by atoms with Gasteiger partial charge in [0.05, 0.1) is 22.7 Å². The van der Waals surface area contributed by atoms with E-state index in [1.807, 2.05) is 12.1 Å². The molecule has 0 spiro atoms. The number of nitrogens with two attached hydrogens (primary N) is 1. The Kier molecular flexibility index (Phi) is 2.91. The maximum Gasteiger partial charge on any atom is 0.201 e. The molecule has 0 amide bonds. The van der Waals surface area contributed by atoms with E-state index in [2.05, 4.69) is 34.6 Å². The van der Waals surface area contributed by atoms with Crippen LogP contribution in [0, 0.1) is 11.3 Å². The van der Waals surface area contributed by atoms with E-state index in [0.29, 0.717) is 11.5 Å². The average Bonchev–Trinajstić information content (AvgIpc) is 2.68. The molecule has 0 atom stereocenters. The van der Waals surface area contributed by atoms with Gasteiger partial charge in [-0.05, 0) is 51.6 Å². The van der Waals surface area contributed by atoms with Gasteiger partial charge in [0, 0.05) is 12.1 Å². The molecule has 1 fully saturated rings. The third-order valence-corrected chi connectivity index (χ3v) is 4.59. The van der Waals surface area contributed by atoms with Crippen LogP contribution >= 0.6 is 0 Å². The van der Waals surface area contributed by atoms with Gasteiger partial charge < -0.3 is 15.2 Å². The minimum atomic E-state index is 0.171. The Balaban J connectivity index is 2.07. The Morgan fingerprint density at radius 1 is 1.45 bits per heavy atom. The van der Waals surface area contributed by atoms with Crippen molar-refractivity contribution in [3.05, 3.63) is 23.8 Å². The summed E-state index contributed by atoms with van der Waals surface area (Å²) in [6.07, 6.45) is 3.61. The Labute approximate surface area is 118 Å². The van der Waals surface area contributed by atoms with Gasteiger partial charge in [-0.25, -0.2) is 4.98 Å². The van der Waals surface area contributed by atoms with Crippen molar-refractivity contribution in [1.82, 2.24) is 14.5 Å². The fraction of sp³-hybridized carbons (Fsp3) is 0.467. The summed E-state index contributed by atoms with van der Waals surface area (Å²) in [7, 11) is 4.24. The highest BCUT2D eigenvalue weighted by Crippen LogP contribution is 2.39. The number of hydrogen-bond donors (Lipinski definition) is 1. The standard InChI is InChI=1S/C15H19N5/c1-19(2)15(6-3-7-15)10-20-13-8-11(9-16)4-5-12(13)18-14(20)17/h4-5,8H,3,6-7,10H2,1-2H3,(H2,17,18). The molecule has 1 heterocycles. The van der Waals surface area contributed by atoms with E-state index in [1.165, 1.54) is 19.3 Å². The lowest BCUT2D eigenvalue weighted by Crippen LogP contribution is -2.53. The molecule has 1 aliphatic rings. The topological polar surface area (TPSA) is 70.9 Å². The summed E-state index contributed by atoms with van der Waals surface area (Å²) in [5.41, 5.74) is 8.71. The van der Waals surface area contributed by atoms with Crippen molar-refractivity contribution >= 4 is 17.0 Å². The number of aromatic nitrogens is 2. The molecule has 0 aliphatic heterocycles. The first-order chi connectivity index (χ1) is 9.55. The highest BCUT2D eigenvalue weighted by atomic mass is 15.2. The minimum absolute atomic E-state index is 0.171. The second-order valence-electron chi connectivity index (χ2n) is 5.84. The molecular weight excluding hydrogens is 250 g/mol. The fourth-order valence-electron chi connectivity index (χ4n) is 3.00. The molecule has 20 heavy (non-hydrogen) atoms. The van der Waals surface area contributed by atoms with Crippen molar-refractivity contribution in [1.29, 1.82) is 5.26 Å². The summed E-state index contributed by atoms with van der Waals surface area (Å²) >= 11 is 0. The molecule has 0 saturated heterocycles. The first kappa shape index (κ1) is 12.9. The zero-order chi connectivity index (χ0) is 14.3. The third-order valence-electron chi connectivity index (χ3n) is 4.59. The lowest BCUT2D eigenvalue weighted by molar-refractivity contribution is 0.0440. The number of benzene rings is 1. The predicted molar refractivity (Wildman–Crippen MR) is 79.1 cm³/mol. The Morgan fingerprint density at radius 3 is 2.75 bits per heavy atom. The number of fused-ring (bicyclic) bond motifs is 1. The smallest absolute Gasteiger partial charge is 0.201 e. The lowest BCUT2D eigenvalue weighted by atomic mass is 9.75. The van der Waals surface area contributed by atoms with Gasteiger partial charge in [-0.2, -0.15) is 5.26 Å². The van der Waals surface area contributed by atoms with Gasteiger partial charge in [0.1, 0.15) is 0 Å². The quantitative estimate of drug-likeness (QED) is 0.924. The molecule has 3 rings (SSSR count). The van der Waals surface area contributed by atoms with Gasteiger partial charge in [-0.3, -0.25) is 0 Å². The maximum atomic E-state index is 9.05. The monoisotopic (exact) mass is 269 g/mol. The third kappa shape index (κ3) is 1.84. The summed E-state index contributed by atoms with van der Waals surface area (Å²) in [4.78, 5) is 6.69. The molecule has 0 unspecified atom stereocenters. The van der Waals surface area contributed by atoms with Crippen LogP contribution in [0.1, 0.15) is 24.8 Å². The summed E-state index contributed by atoms with van der Waals surface area (Å²) in [5.74, 6) is 0.531. The lowest BCUT2D eigenvalue weighted by Gasteiger charge is -2.47. The summed E-state index contributed by atoms with van der Waals surface area (Å²) in [6.45, 7) is 0.831. The first-order valence-corrected chi connectivity index (χ1v) is 6.89. The van der Waals surface area contributed by atoms with Crippen LogP contribution in [0.3, 0.4) is 0 Å². The Bertz CT molecular complexity index is 688. The number of rotatable bonds is 3. The predicted octanol–water partition coefficient (Wildman–Crippen LogP) is 1.97. The fourth-order valence-corrected chi connectivity index (χ4v) is 3.00. The molecule has 2 aromatic rings. The summed E-state index contributed by atoms with van der Waals surface area (Å²) < 4.78 is 2.05. The molecular formula is C15H19N5. The van der Waals surface area contributed by atoms with Crippen molar-refractivity contribution < 1.29 is 0 Å². The minimum Gasteiger partial charge on any atom is -0.369 e. The van der Waals surface area contributed by atoms with Crippen LogP contribution in [0.15, 0.2) is 18.2 Å². The second-order valence-corrected chi connectivity index (χ2v) is 5.84. The molecule has 1 aliphatic carbocycles. The molecule has 0 bridgehead atoms. The highest BCUT2D eigenvalue weighted by molar-refractivity contribution is 5.79. The number of anilines is 1. The van der Waals surface area contributed by atoms with E-state index in [-0.39, 0.29) is 5.54 Å². The molecule has 0 radical (unpaired) electrons. The Hall–Kier alpha value is -2.06. The van der Waals surface area contributed by atoms with Crippen LogP contribution < -0.4 is 5.73 Å². The Morgan fingerprint density at radius 2 is 2.20 bits per heavy atom. The van der Waals surface area contributed by atoms with E-state index in [1.54, 1.807) is 6.07 Å². The second kappa shape index (κ2) is 4.50. The van der Waals surface area contributed by atoms with Crippen molar-refractivity contribution in [3.8, 4) is 6.07 Å².